The predicted octanol–water partition coefficient (Wildman–Crippen LogP) is 3.04. The number of pyridine rings is 1. The molecule has 2 N–H and O–H groups in total. The Kier molecular flexibility index (Phi) is 6.96. The maximum absolute atomic E-state index is 12.0. The van der Waals surface area contributed by atoms with E-state index in [0.717, 1.165) is 17.8 Å². The first kappa shape index (κ1) is 19.2. The fourth-order valence-electron chi connectivity index (χ4n) is 2.14. The smallest absolute Gasteiger partial charge is 0.338 e. The van der Waals surface area contributed by atoms with Crippen LogP contribution in [0.3, 0.4) is 0 Å². The van der Waals surface area contributed by atoms with Crippen LogP contribution in [0.5, 0.6) is 0 Å². The zero-order valence-electron chi connectivity index (χ0n) is 15.3. The average Bonchev–Trinajstić information content (AvgIpc) is 2.65. The molecule has 0 radical (unpaired) electrons. The number of carbonyl (C=O) groups excluding carboxylic acids is 2. The van der Waals surface area contributed by atoms with Crippen molar-refractivity contribution in [2.45, 2.75) is 19.9 Å². The monoisotopic (exact) mass is 356 g/mol. The summed E-state index contributed by atoms with van der Waals surface area (Å²) >= 11 is 0. The lowest BCUT2D eigenvalue weighted by molar-refractivity contribution is 0.0505. The summed E-state index contributed by atoms with van der Waals surface area (Å²) in [5.74, 6) is 0.465. The number of hydrogen-bond acceptors (Lipinski definition) is 5. The van der Waals surface area contributed by atoms with Crippen LogP contribution in [0.25, 0.3) is 0 Å². The zero-order valence-corrected chi connectivity index (χ0v) is 15.3. The number of aromatic nitrogens is 1. The summed E-state index contributed by atoms with van der Waals surface area (Å²) in [6.45, 7) is 2.72. The standard InChI is InChI=1S/C19H24N4O3/c1-4-11-26-18(24)15-5-7-16(8-6-15)22-19(25)21-13-14-9-10-20-17(12-14)23(2)3/h5-10,12H,4,11,13H2,1-3H3,(H2,21,22,25). The van der Waals surface area contributed by atoms with Gasteiger partial charge in [0, 0.05) is 32.5 Å². The first-order valence-electron chi connectivity index (χ1n) is 8.44. The van der Waals surface area contributed by atoms with Crippen molar-refractivity contribution < 1.29 is 14.3 Å². The van der Waals surface area contributed by atoms with Crippen molar-refractivity contribution in [3.05, 3.63) is 53.7 Å². The van der Waals surface area contributed by atoms with Crippen molar-refractivity contribution in [3.63, 3.8) is 0 Å². The van der Waals surface area contributed by atoms with Gasteiger partial charge in [-0.15, -0.1) is 0 Å². The van der Waals surface area contributed by atoms with Crippen LogP contribution in [0.4, 0.5) is 16.3 Å². The van der Waals surface area contributed by atoms with Gasteiger partial charge in [0.15, 0.2) is 0 Å². The third-order valence-corrected chi connectivity index (χ3v) is 3.54. The zero-order chi connectivity index (χ0) is 18.9. The number of benzene rings is 1. The van der Waals surface area contributed by atoms with Crippen molar-refractivity contribution in [1.82, 2.24) is 10.3 Å². The number of anilines is 2. The van der Waals surface area contributed by atoms with Gasteiger partial charge in [0.05, 0.1) is 12.2 Å². The van der Waals surface area contributed by atoms with Crippen molar-refractivity contribution in [3.8, 4) is 0 Å². The third-order valence-electron chi connectivity index (χ3n) is 3.54. The van der Waals surface area contributed by atoms with Crippen LogP contribution in [0.15, 0.2) is 42.6 Å². The molecule has 7 nitrogen and oxygen atoms in total. The highest BCUT2D eigenvalue weighted by atomic mass is 16.5. The molecule has 0 saturated carbocycles. The lowest BCUT2D eigenvalue weighted by Gasteiger charge is -2.13. The Hall–Kier alpha value is -3.09. The highest BCUT2D eigenvalue weighted by Gasteiger charge is 2.08. The Labute approximate surface area is 153 Å². The molecule has 138 valence electrons. The largest absolute Gasteiger partial charge is 0.462 e. The van der Waals surface area contributed by atoms with E-state index in [2.05, 4.69) is 15.6 Å². The van der Waals surface area contributed by atoms with E-state index >= 15 is 0 Å². The molecule has 0 spiro atoms. The summed E-state index contributed by atoms with van der Waals surface area (Å²) in [5.41, 5.74) is 2.00. The second-order valence-corrected chi connectivity index (χ2v) is 5.94. The molecule has 26 heavy (non-hydrogen) atoms. The SMILES string of the molecule is CCCOC(=O)c1ccc(NC(=O)NCc2ccnc(N(C)C)c2)cc1. The molecule has 1 heterocycles. The van der Waals surface area contributed by atoms with Crippen LogP contribution in [0, 0.1) is 0 Å². The van der Waals surface area contributed by atoms with Gasteiger partial charge in [-0.1, -0.05) is 6.92 Å². The van der Waals surface area contributed by atoms with Gasteiger partial charge < -0.3 is 20.3 Å². The van der Waals surface area contributed by atoms with Gasteiger partial charge >= 0.3 is 12.0 Å². The Morgan fingerprint density at radius 3 is 2.54 bits per heavy atom. The topological polar surface area (TPSA) is 83.6 Å². The first-order valence-corrected chi connectivity index (χ1v) is 8.44. The number of hydrogen-bond donors (Lipinski definition) is 2. The van der Waals surface area contributed by atoms with E-state index in [4.69, 9.17) is 4.74 Å². The van der Waals surface area contributed by atoms with Crippen LogP contribution in [-0.2, 0) is 11.3 Å². The maximum atomic E-state index is 12.0. The number of amides is 2. The average molecular weight is 356 g/mol. The summed E-state index contributed by atoms with van der Waals surface area (Å²) in [5, 5.41) is 5.52. The fourth-order valence-corrected chi connectivity index (χ4v) is 2.14. The normalized spacial score (nSPS) is 10.1. The highest BCUT2D eigenvalue weighted by molar-refractivity contribution is 5.92. The molecule has 0 aliphatic rings. The van der Waals surface area contributed by atoms with E-state index in [0.29, 0.717) is 24.4 Å². The molecule has 0 unspecified atom stereocenters. The molecule has 0 aliphatic carbocycles. The van der Waals surface area contributed by atoms with Crippen LogP contribution in [0.1, 0.15) is 29.3 Å². The summed E-state index contributed by atoms with van der Waals surface area (Å²) in [4.78, 5) is 29.9. The number of ether oxygens (including phenoxy) is 1. The maximum Gasteiger partial charge on any atom is 0.338 e. The predicted molar refractivity (Wildman–Crippen MR) is 101 cm³/mol. The van der Waals surface area contributed by atoms with Crippen LogP contribution < -0.4 is 15.5 Å². The molecule has 0 fully saturated rings. The minimum absolute atomic E-state index is 0.325. The highest BCUT2D eigenvalue weighted by Crippen LogP contribution is 2.12. The Balaban J connectivity index is 1.86. The van der Waals surface area contributed by atoms with Gasteiger partial charge in [-0.05, 0) is 48.4 Å². The molecule has 2 rings (SSSR count). The number of urea groups is 1. The van der Waals surface area contributed by atoms with Crippen molar-refractivity contribution in [2.24, 2.45) is 0 Å². The number of rotatable bonds is 7. The minimum Gasteiger partial charge on any atom is -0.462 e. The number of nitrogens with zero attached hydrogens (tertiary/aromatic N) is 2. The number of carbonyl (C=O) groups is 2. The molecule has 0 saturated heterocycles. The fraction of sp³-hybridized carbons (Fsp3) is 0.316. The van der Waals surface area contributed by atoms with Gasteiger partial charge in [0.1, 0.15) is 5.82 Å². The van der Waals surface area contributed by atoms with Gasteiger partial charge in [-0.2, -0.15) is 0 Å². The molecule has 0 aliphatic heterocycles. The molecule has 7 heteroatoms. The Morgan fingerprint density at radius 1 is 1.15 bits per heavy atom. The second-order valence-electron chi connectivity index (χ2n) is 5.94. The number of esters is 1. The molecule has 0 atom stereocenters. The molecule has 2 aromatic rings. The molecular weight excluding hydrogens is 332 g/mol. The Morgan fingerprint density at radius 2 is 1.88 bits per heavy atom. The van der Waals surface area contributed by atoms with E-state index in [1.165, 1.54) is 0 Å². The van der Waals surface area contributed by atoms with E-state index in [1.807, 2.05) is 38.1 Å². The second kappa shape index (κ2) is 9.41. The van der Waals surface area contributed by atoms with Crippen molar-refractivity contribution in [2.75, 3.05) is 30.9 Å². The van der Waals surface area contributed by atoms with Crippen LogP contribution >= 0.6 is 0 Å². The van der Waals surface area contributed by atoms with Crippen LogP contribution in [0.2, 0.25) is 0 Å². The van der Waals surface area contributed by atoms with Gasteiger partial charge in [-0.25, -0.2) is 14.6 Å². The molecular formula is C19H24N4O3. The van der Waals surface area contributed by atoms with Gasteiger partial charge in [0.25, 0.3) is 0 Å². The van der Waals surface area contributed by atoms with E-state index in [-0.39, 0.29) is 12.0 Å². The van der Waals surface area contributed by atoms with Gasteiger partial charge in [0.2, 0.25) is 0 Å². The molecule has 1 aromatic carbocycles. The number of nitrogens with one attached hydrogen (secondary N) is 2. The van der Waals surface area contributed by atoms with Crippen molar-refractivity contribution in [1.29, 1.82) is 0 Å². The summed E-state index contributed by atoms with van der Waals surface area (Å²) < 4.78 is 5.06. The Bertz CT molecular complexity index is 745. The van der Waals surface area contributed by atoms with Crippen LogP contribution in [-0.4, -0.2) is 37.7 Å². The molecule has 2 amide bonds. The van der Waals surface area contributed by atoms with Crippen molar-refractivity contribution >= 4 is 23.5 Å². The first-order chi connectivity index (χ1) is 12.5. The summed E-state index contributed by atoms with van der Waals surface area (Å²) in [6.07, 6.45) is 2.49. The summed E-state index contributed by atoms with van der Waals surface area (Å²) in [6, 6.07) is 10.0. The molecule has 1 aromatic heterocycles. The quantitative estimate of drug-likeness (QED) is 0.745. The van der Waals surface area contributed by atoms with E-state index in [1.54, 1.807) is 30.5 Å². The summed E-state index contributed by atoms with van der Waals surface area (Å²) in [7, 11) is 3.82. The van der Waals surface area contributed by atoms with Gasteiger partial charge in [-0.3, -0.25) is 0 Å². The molecule has 0 bridgehead atoms. The lowest BCUT2D eigenvalue weighted by Crippen LogP contribution is -2.28. The minimum atomic E-state index is -0.364. The lowest BCUT2D eigenvalue weighted by atomic mass is 10.2. The van der Waals surface area contributed by atoms with E-state index < -0.39 is 0 Å². The third kappa shape index (κ3) is 5.77. The van der Waals surface area contributed by atoms with E-state index in [9.17, 15) is 9.59 Å².